The number of hydrogen-bond donors (Lipinski definition) is 1. The van der Waals surface area contributed by atoms with Crippen molar-refractivity contribution in [1.29, 1.82) is 0 Å². The predicted molar refractivity (Wildman–Crippen MR) is 65.7 cm³/mol. The van der Waals surface area contributed by atoms with E-state index >= 15 is 0 Å². The molecule has 0 atom stereocenters. The molecule has 1 amide bonds. The van der Waals surface area contributed by atoms with Gasteiger partial charge in [0.25, 0.3) is 5.91 Å². The molecule has 2 rings (SSSR count). The van der Waals surface area contributed by atoms with Crippen LogP contribution in [0, 0.1) is 6.92 Å². The highest BCUT2D eigenvalue weighted by atomic mass is 16.2. The minimum Gasteiger partial charge on any atom is -0.336 e. The van der Waals surface area contributed by atoms with Gasteiger partial charge in [0.2, 0.25) is 0 Å². The van der Waals surface area contributed by atoms with E-state index in [1.54, 1.807) is 10.9 Å². The van der Waals surface area contributed by atoms with Crippen LogP contribution in [0.25, 0.3) is 0 Å². The summed E-state index contributed by atoms with van der Waals surface area (Å²) in [7, 11) is 1.84. The molecule has 0 unspecified atom stereocenters. The Morgan fingerprint density at radius 2 is 2.35 bits per heavy atom. The lowest BCUT2D eigenvalue weighted by Crippen LogP contribution is -2.35. The molecule has 17 heavy (non-hydrogen) atoms. The molecule has 94 valence electrons. The number of aromatic nitrogens is 2. The van der Waals surface area contributed by atoms with Gasteiger partial charge in [-0.2, -0.15) is 5.10 Å². The molecule has 5 nitrogen and oxygen atoms in total. The van der Waals surface area contributed by atoms with E-state index in [1.807, 2.05) is 18.9 Å². The number of aryl methyl sites for hydroxylation is 2. The molecule has 1 aliphatic rings. The van der Waals surface area contributed by atoms with E-state index < -0.39 is 0 Å². The number of nitrogens with two attached hydrogens (primary N) is 1. The van der Waals surface area contributed by atoms with Gasteiger partial charge in [0.15, 0.2) is 0 Å². The Morgan fingerprint density at radius 3 is 2.82 bits per heavy atom. The Hall–Kier alpha value is -1.36. The quantitative estimate of drug-likeness (QED) is 0.817. The first-order valence-corrected chi connectivity index (χ1v) is 6.14. The van der Waals surface area contributed by atoms with Crippen LogP contribution in [0.3, 0.4) is 0 Å². The summed E-state index contributed by atoms with van der Waals surface area (Å²) < 4.78 is 1.69. The minimum atomic E-state index is 0.103. The van der Waals surface area contributed by atoms with E-state index in [4.69, 9.17) is 5.73 Å². The van der Waals surface area contributed by atoms with Gasteiger partial charge in [-0.05, 0) is 32.7 Å². The van der Waals surface area contributed by atoms with Gasteiger partial charge in [0.1, 0.15) is 0 Å². The summed E-state index contributed by atoms with van der Waals surface area (Å²) >= 11 is 0. The highest BCUT2D eigenvalue weighted by molar-refractivity contribution is 5.95. The van der Waals surface area contributed by atoms with Crippen LogP contribution < -0.4 is 5.73 Å². The summed E-state index contributed by atoms with van der Waals surface area (Å²) in [6, 6.07) is 0.425. The molecule has 0 spiro atoms. The van der Waals surface area contributed by atoms with Crippen molar-refractivity contribution >= 4 is 5.91 Å². The molecule has 1 aromatic rings. The van der Waals surface area contributed by atoms with Crippen molar-refractivity contribution in [2.75, 3.05) is 13.1 Å². The number of carbonyl (C=O) groups is 1. The maximum atomic E-state index is 12.4. The zero-order chi connectivity index (χ0) is 12.4. The topological polar surface area (TPSA) is 64.2 Å². The van der Waals surface area contributed by atoms with Gasteiger partial charge in [0.05, 0.1) is 11.3 Å². The molecular formula is C12H20N4O. The van der Waals surface area contributed by atoms with Gasteiger partial charge >= 0.3 is 0 Å². The van der Waals surface area contributed by atoms with Gasteiger partial charge in [-0.3, -0.25) is 9.48 Å². The Kier molecular flexibility index (Phi) is 3.47. The van der Waals surface area contributed by atoms with Crippen LogP contribution in [0.4, 0.5) is 0 Å². The smallest absolute Gasteiger partial charge is 0.257 e. The zero-order valence-electron chi connectivity index (χ0n) is 10.5. The third-order valence-electron chi connectivity index (χ3n) is 3.10. The fraction of sp³-hybridized carbons (Fsp3) is 0.667. The first-order chi connectivity index (χ1) is 8.13. The highest BCUT2D eigenvalue weighted by Crippen LogP contribution is 2.28. The van der Waals surface area contributed by atoms with E-state index in [2.05, 4.69) is 5.10 Å². The first-order valence-electron chi connectivity index (χ1n) is 6.14. The number of hydrogen-bond acceptors (Lipinski definition) is 3. The molecule has 0 aliphatic heterocycles. The first kappa shape index (κ1) is 12.1. The second kappa shape index (κ2) is 4.87. The molecule has 1 aliphatic carbocycles. The van der Waals surface area contributed by atoms with Gasteiger partial charge in [-0.1, -0.05) is 0 Å². The summed E-state index contributed by atoms with van der Waals surface area (Å²) in [5.74, 6) is 0.103. The van der Waals surface area contributed by atoms with Gasteiger partial charge in [-0.25, -0.2) is 0 Å². The number of rotatable bonds is 5. The third kappa shape index (κ3) is 2.66. The van der Waals surface area contributed by atoms with Crippen molar-refractivity contribution in [2.45, 2.75) is 32.2 Å². The molecule has 0 bridgehead atoms. The number of nitrogens with zero attached hydrogens (tertiary/aromatic N) is 3. The summed E-state index contributed by atoms with van der Waals surface area (Å²) in [6.45, 7) is 3.26. The lowest BCUT2D eigenvalue weighted by atomic mass is 10.2. The van der Waals surface area contributed by atoms with Crippen LogP contribution in [0.5, 0.6) is 0 Å². The predicted octanol–water partition coefficient (Wildman–Crippen LogP) is 0.682. The molecule has 1 saturated carbocycles. The second-order valence-corrected chi connectivity index (χ2v) is 4.67. The number of amides is 1. The number of carbonyl (C=O) groups excluding carboxylic acids is 1. The fourth-order valence-electron chi connectivity index (χ4n) is 2.06. The van der Waals surface area contributed by atoms with Crippen LogP contribution in [-0.2, 0) is 7.05 Å². The molecule has 1 heterocycles. The van der Waals surface area contributed by atoms with Crippen LogP contribution >= 0.6 is 0 Å². The largest absolute Gasteiger partial charge is 0.336 e. The minimum absolute atomic E-state index is 0.103. The van der Waals surface area contributed by atoms with Gasteiger partial charge < -0.3 is 10.6 Å². The van der Waals surface area contributed by atoms with E-state index in [0.29, 0.717) is 12.6 Å². The molecule has 5 heteroatoms. The average Bonchev–Trinajstić information content (AvgIpc) is 3.05. The zero-order valence-corrected chi connectivity index (χ0v) is 10.5. The molecule has 1 aromatic heterocycles. The van der Waals surface area contributed by atoms with Crippen molar-refractivity contribution in [3.8, 4) is 0 Å². The Bertz CT molecular complexity index is 409. The summed E-state index contributed by atoms with van der Waals surface area (Å²) in [5.41, 5.74) is 7.04. The fourth-order valence-corrected chi connectivity index (χ4v) is 2.06. The Balaban J connectivity index is 2.12. The molecule has 0 aromatic carbocycles. The Morgan fingerprint density at radius 1 is 1.65 bits per heavy atom. The van der Waals surface area contributed by atoms with Crippen molar-refractivity contribution in [1.82, 2.24) is 14.7 Å². The summed E-state index contributed by atoms with van der Waals surface area (Å²) in [6.07, 6.45) is 4.91. The highest BCUT2D eigenvalue weighted by Gasteiger charge is 2.33. The van der Waals surface area contributed by atoms with Crippen molar-refractivity contribution < 1.29 is 4.79 Å². The second-order valence-electron chi connectivity index (χ2n) is 4.67. The summed E-state index contributed by atoms with van der Waals surface area (Å²) in [5, 5.41) is 4.22. The van der Waals surface area contributed by atoms with Gasteiger partial charge in [-0.15, -0.1) is 0 Å². The van der Waals surface area contributed by atoms with Crippen molar-refractivity contribution in [3.05, 3.63) is 17.5 Å². The van der Waals surface area contributed by atoms with Crippen molar-refractivity contribution in [2.24, 2.45) is 12.8 Å². The monoisotopic (exact) mass is 236 g/mol. The lowest BCUT2D eigenvalue weighted by Gasteiger charge is -2.21. The average molecular weight is 236 g/mol. The standard InChI is InChI=1S/C12H20N4O/c1-9-11(8-15(2)14-9)12(17)16(7-3-6-13)10-4-5-10/h8,10H,3-7,13H2,1-2H3. The molecule has 1 fully saturated rings. The summed E-state index contributed by atoms with van der Waals surface area (Å²) in [4.78, 5) is 14.4. The van der Waals surface area contributed by atoms with E-state index in [1.165, 1.54) is 0 Å². The molecule has 2 N–H and O–H groups in total. The Labute approximate surface area is 102 Å². The normalized spacial score (nSPS) is 15.0. The SMILES string of the molecule is Cc1nn(C)cc1C(=O)N(CCCN)C1CC1. The third-order valence-corrected chi connectivity index (χ3v) is 3.10. The van der Waals surface area contributed by atoms with Crippen LogP contribution in [0.15, 0.2) is 6.20 Å². The molecule has 0 saturated heterocycles. The molecular weight excluding hydrogens is 216 g/mol. The maximum Gasteiger partial charge on any atom is 0.257 e. The van der Waals surface area contributed by atoms with Crippen molar-refractivity contribution in [3.63, 3.8) is 0 Å². The van der Waals surface area contributed by atoms with Gasteiger partial charge in [0, 0.05) is 25.8 Å². The van der Waals surface area contributed by atoms with Crippen LogP contribution in [-0.4, -0.2) is 39.7 Å². The van der Waals surface area contributed by atoms with E-state index in [-0.39, 0.29) is 5.91 Å². The lowest BCUT2D eigenvalue weighted by molar-refractivity contribution is 0.0741. The molecule has 0 radical (unpaired) electrons. The van der Waals surface area contributed by atoms with Crippen LogP contribution in [0.2, 0.25) is 0 Å². The van der Waals surface area contributed by atoms with E-state index in [9.17, 15) is 4.79 Å². The maximum absolute atomic E-state index is 12.4. The van der Waals surface area contributed by atoms with Crippen LogP contribution in [0.1, 0.15) is 35.3 Å². The van der Waals surface area contributed by atoms with E-state index in [0.717, 1.165) is 37.1 Å².